The second-order valence-electron chi connectivity index (χ2n) is 6.45. The largest absolute Gasteiger partial charge is 0.395 e. The van der Waals surface area contributed by atoms with Crippen LogP contribution in [0, 0.1) is 0 Å². The summed E-state index contributed by atoms with van der Waals surface area (Å²) in [5.41, 5.74) is 2.01. The molecule has 0 aromatic heterocycles. The van der Waals surface area contributed by atoms with E-state index < -0.39 is 0 Å². The SMILES string of the molecule is O=C(c1ccc(N2CCCCC2)cc1)N1CCN(CCO)CC1. The van der Waals surface area contributed by atoms with Crippen molar-refractivity contribution >= 4 is 11.6 Å². The fraction of sp³-hybridized carbons (Fsp3) is 0.611. The van der Waals surface area contributed by atoms with Crippen LogP contribution in [0.2, 0.25) is 0 Å². The number of rotatable bonds is 4. The second kappa shape index (κ2) is 7.79. The molecule has 0 atom stereocenters. The van der Waals surface area contributed by atoms with Crippen LogP contribution in [0.15, 0.2) is 24.3 Å². The Morgan fingerprint density at radius 3 is 2.17 bits per heavy atom. The highest BCUT2D eigenvalue weighted by Crippen LogP contribution is 2.21. The fourth-order valence-corrected chi connectivity index (χ4v) is 3.47. The molecule has 1 aromatic carbocycles. The van der Waals surface area contributed by atoms with E-state index in [1.807, 2.05) is 17.0 Å². The summed E-state index contributed by atoms with van der Waals surface area (Å²) in [5, 5.41) is 8.98. The number of carbonyl (C=O) groups excluding carboxylic acids is 1. The molecule has 0 radical (unpaired) electrons. The van der Waals surface area contributed by atoms with Crippen LogP contribution in [0.1, 0.15) is 29.6 Å². The van der Waals surface area contributed by atoms with Gasteiger partial charge in [-0.25, -0.2) is 0 Å². The summed E-state index contributed by atoms with van der Waals surface area (Å²) in [7, 11) is 0. The standard InChI is InChI=1S/C18H27N3O2/c22-15-14-19-10-12-21(13-11-19)18(23)16-4-6-17(7-5-16)20-8-2-1-3-9-20/h4-7,22H,1-3,8-15H2. The number of carbonyl (C=O) groups is 1. The molecule has 0 unspecified atom stereocenters. The Kier molecular flexibility index (Phi) is 5.51. The zero-order valence-corrected chi connectivity index (χ0v) is 13.8. The van der Waals surface area contributed by atoms with Crippen molar-refractivity contribution in [2.45, 2.75) is 19.3 Å². The predicted octanol–water partition coefficient (Wildman–Crippen LogP) is 1.43. The lowest BCUT2D eigenvalue weighted by Gasteiger charge is -2.34. The van der Waals surface area contributed by atoms with Crippen molar-refractivity contribution in [1.29, 1.82) is 0 Å². The number of aliphatic hydroxyl groups excluding tert-OH is 1. The van der Waals surface area contributed by atoms with Gasteiger partial charge in [0.15, 0.2) is 0 Å². The molecule has 0 saturated carbocycles. The van der Waals surface area contributed by atoms with E-state index >= 15 is 0 Å². The van der Waals surface area contributed by atoms with Crippen molar-refractivity contribution in [3.8, 4) is 0 Å². The average molecular weight is 317 g/mol. The highest BCUT2D eigenvalue weighted by molar-refractivity contribution is 5.94. The molecule has 2 saturated heterocycles. The topological polar surface area (TPSA) is 47.0 Å². The summed E-state index contributed by atoms with van der Waals surface area (Å²) >= 11 is 0. The molecule has 5 nitrogen and oxygen atoms in total. The summed E-state index contributed by atoms with van der Waals surface area (Å²) in [5.74, 6) is 0.124. The molecule has 0 bridgehead atoms. The van der Waals surface area contributed by atoms with E-state index in [-0.39, 0.29) is 12.5 Å². The number of aliphatic hydroxyl groups is 1. The van der Waals surface area contributed by atoms with Crippen LogP contribution in [0.3, 0.4) is 0 Å². The normalized spacial score (nSPS) is 19.9. The monoisotopic (exact) mass is 317 g/mol. The fourth-order valence-electron chi connectivity index (χ4n) is 3.47. The van der Waals surface area contributed by atoms with Gasteiger partial charge in [-0.3, -0.25) is 9.69 Å². The van der Waals surface area contributed by atoms with Crippen molar-refractivity contribution in [2.75, 3.05) is 57.3 Å². The van der Waals surface area contributed by atoms with Gasteiger partial charge in [-0.15, -0.1) is 0 Å². The Labute approximate surface area is 138 Å². The van der Waals surface area contributed by atoms with Gasteiger partial charge < -0.3 is 14.9 Å². The van der Waals surface area contributed by atoms with E-state index in [0.29, 0.717) is 6.54 Å². The van der Waals surface area contributed by atoms with Gasteiger partial charge in [-0.05, 0) is 43.5 Å². The molecule has 0 aliphatic carbocycles. The molecule has 2 aliphatic heterocycles. The van der Waals surface area contributed by atoms with Gasteiger partial charge in [0.05, 0.1) is 6.61 Å². The first-order valence-electron chi connectivity index (χ1n) is 8.75. The lowest BCUT2D eigenvalue weighted by Crippen LogP contribution is -2.49. The first-order valence-corrected chi connectivity index (χ1v) is 8.75. The molecule has 5 heteroatoms. The van der Waals surface area contributed by atoms with Crippen molar-refractivity contribution in [3.05, 3.63) is 29.8 Å². The molecule has 1 amide bonds. The average Bonchev–Trinajstić information content (AvgIpc) is 2.63. The van der Waals surface area contributed by atoms with Crippen molar-refractivity contribution in [3.63, 3.8) is 0 Å². The summed E-state index contributed by atoms with van der Waals surface area (Å²) in [6.45, 7) is 6.31. The van der Waals surface area contributed by atoms with Gasteiger partial charge in [0.2, 0.25) is 0 Å². The minimum absolute atomic E-state index is 0.124. The van der Waals surface area contributed by atoms with Crippen LogP contribution in [0.5, 0.6) is 0 Å². The number of amides is 1. The van der Waals surface area contributed by atoms with Crippen LogP contribution >= 0.6 is 0 Å². The van der Waals surface area contributed by atoms with Crippen molar-refractivity contribution in [1.82, 2.24) is 9.80 Å². The maximum atomic E-state index is 12.6. The summed E-state index contributed by atoms with van der Waals surface area (Å²) in [6.07, 6.45) is 3.85. The lowest BCUT2D eigenvalue weighted by atomic mass is 10.1. The molecule has 1 aromatic rings. The first kappa shape index (κ1) is 16.3. The lowest BCUT2D eigenvalue weighted by molar-refractivity contribution is 0.0615. The van der Waals surface area contributed by atoms with Crippen molar-refractivity contribution in [2.24, 2.45) is 0 Å². The number of piperazine rings is 1. The van der Waals surface area contributed by atoms with Crippen LogP contribution < -0.4 is 4.90 Å². The summed E-state index contributed by atoms with van der Waals surface area (Å²) in [6, 6.07) is 8.10. The maximum absolute atomic E-state index is 12.6. The predicted molar refractivity (Wildman–Crippen MR) is 91.9 cm³/mol. The number of nitrogens with zero attached hydrogens (tertiary/aromatic N) is 3. The molecule has 1 N–H and O–H groups in total. The smallest absolute Gasteiger partial charge is 0.253 e. The zero-order chi connectivity index (χ0) is 16.1. The maximum Gasteiger partial charge on any atom is 0.253 e. The molecule has 126 valence electrons. The van der Waals surface area contributed by atoms with E-state index in [0.717, 1.165) is 44.8 Å². The third-order valence-electron chi connectivity index (χ3n) is 4.91. The zero-order valence-electron chi connectivity index (χ0n) is 13.8. The van der Waals surface area contributed by atoms with E-state index in [1.165, 1.54) is 24.9 Å². The Morgan fingerprint density at radius 1 is 0.913 bits per heavy atom. The molecule has 2 fully saturated rings. The quantitative estimate of drug-likeness (QED) is 0.912. The molecule has 2 aliphatic rings. The van der Waals surface area contributed by atoms with Crippen LogP contribution in [0.4, 0.5) is 5.69 Å². The van der Waals surface area contributed by atoms with E-state index in [2.05, 4.69) is 21.9 Å². The molecular formula is C18H27N3O2. The molecular weight excluding hydrogens is 290 g/mol. The van der Waals surface area contributed by atoms with Gasteiger partial charge in [0.25, 0.3) is 5.91 Å². The van der Waals surface area contributed by atoms with E-state index in [4.69, 9.17) is 5.11 Å². The van der Waals surface area contributed by atoms with Crippen molar-refractivity contribution < 1.29 is 9.90 Å². The number of β-amino-alcohol motifs (C(OH)–C–C–N with tert-alkyl or cyclic N) is 1. The highest BCUT2D eigenvalue weighted by Gasteiger charge is 2.22. The minimum Gasteiger partial charge on any atom is -0.395 e. The van der Waals surface area contributed by atoms with Crippen LogP contribution in [0.25, 0.3) is 0 Å². The number of benzene rings is 1. The first-order chi connectivity index (χ1) is 11.3. The van der Waals surface area contributed by atoms with Gasteiger partial charge in [-0.2, -0.15) is 0 Å². The number of hydrogen-bond acceptors (Lipinski definition) is 4. The molecule has 0 spiro atoms. The van der Waals surface area contributed by atoms with Gasteiger partial charge in [0, 0.05) is 57.1 Å². The summed E-state index contributed by atoms with van der Waals surface area (Å²) in [4.78, 5) is 19.1. The molecule has 3 rings (SSSR count). The Bertz CT molecular complexity index is 504. The molecule has 23 heavy (non-hydrogen) atoms. The number of anilines is 1. The Balaban J connectivity index is 1.57. The van der Waals surface area contributed by atoms with Crippen LogP contribution in [-0.4, -0.2) is 73.2 Å². The molecule has 2 heterocycles. The van der Waals surface area contributed by atoms with E-state index in [9.17, 15) is 4.79 Å². The van der Waals surface area contributed by atoms with E-state index in [1.54, 1.807) is 0 Å². The number of piperidine rings is 1. The third-order valence-corrected chi connectivity index (χ3v) is 4.91. The second-order valence-corrected chi connectivity index (χ2v) is 6.45. The Morgan fingerprint density at radius 2 is 1.57 bits per heavy atom. The van der Waals surface area contributed by atoms with Gasteiger partial charge in [0.1, 0.15) is 0 Å². The summed E-state index contributed by atoms with van der Waals surface area (Å²) < 4.78 is 0. The van der Waals surface area contributed by atoms with Gasteiger partial charge in [-0.1, -0.05) is 0 Å². The number of hydrogen-bond donors (Lipinski definition) is 1. The van der Waals surface area contributed by atoms with Gasteiger partial charge >= 0.3 is 0 Å². The van der Waals surface area contributed by atoms with Crippen LogP contribution in [-0.2, 0) is 0 Å². The third kappa shape index (κ3) is 4.03. The highest BCUT2D eigenvalue weighted by atomic mass is 16.3. The Hall–Kier alpha value is -1.59. The minimum atomic E-state index is 0.124.